The van der Waals surface area contributed by atoms with Crippen molar-refractivity contribution in [2.24, 2.45) is 4.99 Å². The highest BCUT2D eigenvalue weighted by Gasteiger charge is 2.31. The number of amides is 1. The van der Waals surface area contributed by atoms with Crippen molar-refractivity contribution in [1.29, 1.82) is 5.26 Å². The number of aromatic nitrogens is 2. The van der Waals surface area contributed by atoms with Crippen molar-refractivity contribution in [3.63, 3.8) is 0 Å². The summed E-state index contributed by atoms with van der Waals surface area (Å²) in [6.07, 6.45) is 1.60. The Hall–Kier alpha value is -3.94. The molecule has 10 heteroatoms. The summed E-state index contributed by atoms with van der Waals surface area (Å²) >= 11 is 0. The van der Waals surface area contributed by atoms with E-state index in [-0.39, 0.29) is 24.2 Å². The van der Waals surface area contributed by atoms with Crippen molar-refractivity contribution < 1.29 is 14.3 Å². The van der Waals surface area contributed by atoms with Crippen molar-refractivity contribution in [2.75, 3.05) is 27.5 Å². The smallest absolute Gasteiger partial charge is 0.290 e. The molecule has 0 saturated carbocycles. The fourth-order valence-electron chi connectivity index (χ4n) is 4.61. The van der Waals surface area contributed by atoms with E-state index in [0.717, 1.165) is 28.3 Å². The highest BCUT2D eigenvalue weighted by molar-refractivity contribution is 6.76. The standard InChI is InChI=1S/C30H38N6O3Si/c1-21-12-13-26(39-20-38-14-15-40(5,6)7)22(2)27(21)36-28(32-19-34(3)4)25(16-31)33-29(36)30(37)35-17-23-10-8-9-11-24(23)18-35/h8-13,19H,14-15,17-18,20H2,1-7H3/b32-19+. The van der Waals surface area contributed by atoms with Crippen LogP contribution in [0.2, 0.25) is 25.7 Å². The first-order chi connectivity index (χ1) is 19.0. The second-order valence-electron chi connectivity index (χ2n) is 11.5. The second kappa shape index (κ2) is 12.1. The normalized spacial score (nSPS) is 13.0. The van der Waals surface area contributed by atoms with Gasteiger partial charge in [-0.25, -0.2) is 9.98 Å². The van der Waals surface area contributed by atoms with Gasteiger partial charge in [0.25, 0.3) is 5.91 Å². The molecule has 0 saturated heterocycles. The van der Waals surface area contributed by atoms with Gasteiger partial charge in [0.15, 0.2) is 18.3 Å². The molecule has 0 bridgehead atoms. The van der Waals surface area contributed by atoms with Gasteiger partial charge in [-0.15, -0.1) is 0 Å². The van der Waals surface area contributed by atoms with E-state index in [4.69, 9.17) is 9.47 Å². The second-order valence-corrected chi connectivity index (χ2v) is 17.1. The number of fused-ring (bicyclic) bond motifs is 1. The molecule has 0 N–H and O–H groups in total. The lowest BCUT2D eigenvalue weighted by molar-refractivity contribution is 0.0216. The zero-order chi connectivity index (χ0) is 29.0. The number of rotatable bonds is 10. The molecule has 1 aromatic heterocycles. The van der Waals surface area contributed by atoms with Crippen molar-refractivity contribution in [3.05, 3.63) is 70.2 Å². The lowest BCUT2D eigenvalue weighted by atomic mass is 10.1. The SMILES string of the molecule is Cc1ccc(OCOCC[Si](C)(C)C)c(C)c1-n1c(C(=O)N2Cc3ccccc3C2)nc(C#N)c1/N=C/N(C)C. The summed E-state index contributed by atoms with van der Waals surface area (Å²) in [5.41, 5.74) is 4.70. The van der Waals surface area contributed by atoms with Gasteiger partial charge in [0.2, 0.25) is 5.82 Å². The van der Waals surface area contributed by atoms with E-state index >= 15 is 0 Å². The number of aliphatic imine (C=N–C) groups is 1. The summed E-state index contributed by atoms with van der Waals surface area (Å²) < 4.78 is 13.5. The summed E-state index contributed by atoms with van der Waals surface area (Å²) in [6.45, 7) is 12.6. The Balaban J connectivity index is 1.75. The lowest BCUT2D eigenvalue weighted by Gasteiger charge is -2.21. The van der Waals surface area contributed by atoms with Crippen LogP contribution in [0.1, 0.15) is 38.6 Å². The molecule has 9 nitrogen and oxygen atoms in total. The van der Waals surface area contributed by atoms with Gasteiger partial charge < -0.3 is 19.3 Å². The molecular weight excluding hydrogens is 520 g/mol. The van der Waals surface area contributed by atoms with E-state index in [1.165, 1.54) is 0 Å². The number of nitrogens with zero attached hydrogens (tertiary/aromatic N) is 6. The maximum Gasteiger partial charge on any atom is 0.290 e. The van der Waals surface area contributed by atoms with Crippen LogP contribution in [0, 0.1) is 25.2 Å². The third-order valence-electron chi connectivity index (χ3n) is 6.79. The zero-order valence-corrected chi connectivity index (χ0v) is 25.5. The van der Waals surface area contributed by atoms with Crippen molar-refractivity contribution in [3.8, 4) is 17.5 Å². The average molecular weight is 559 g/mol. The number of hydrogen-bond acceptors (Lipinski definition) is 6. The van der Waals surface area contributed by atoms with Crippen LogP contribution in [0.3, 0.4) is 0 Å². The van der Waals surface area contributed by atoms with Gasteiger partial charge in [0.05, 0.1) is 12.0 Å². The van der Waals surface area contributed by atoms with E-state index in [9.17, 15) is 10.1 Å². The minimum absolute atomic E-state index is 0.0814. The molecule has 0 unspecified atom stereocenters. The Bertz CT molecular complexity index is 1440. The van der Waals surface area contributed by atoms with Gasteiger partial charge in [0, 0.05) is 47.4 Å². The molecule has 0 atom stereocenters. The molecule has 4 rings (SSSR count). The number of nitriles is 1. The Labute approximate surface area is 237 Å². The first kappa shape index (κ1) is 29.0. The number of benzene rings is 2. The molecule has 0 spiro atoms. The number of carbonyl (C=O) groups is 1. The molecule has 0 fully saturated rings. The molecule has 1 aliphatic heterocycles. The van der Waals surface area contributed by atoms with Crippen LogP contribution < -0.4 is 4.74 Å². The molecule has 2 aromatic carbocycles. The molecular formula is C30H38N6O3Si. The van der Waals surface area contributed by atoms with Gasteiger partial charge in [-0.2, -0.15) is 5.26 Å². The van der Waals surface area contributed by atoms with E-state index in [1.54, 1.807) is 20.7 Å². The number of ether oxygens (including phenoxy) is 2. The molecule has 40 heavy (non-hydrogen) atoms. The maximum absolute atomic E-state index is 14.0. The monoisotopic (exact) mass is 558 g/mol. The van der Waals surface area contributed by atoms with E-state index < -0.39 is 8.07 Å². The van der Waals surface area contributed by atoms with E-state index in [2.05, 4.69) is 35.7 Å². The van der Waals surface area contributed by atoms with Gasteiger partial charge in [-0.1, -0.05) is 50.0 Å². The first-order valence-corrected chi connectivity index (χ1v) is 17.1. The first-order valence-electron chi connectivity index (χ1n) is 13.4. The highest BCUT2D eigenvalue weighted by Crippen LogP contribution is 2.35. The molecule has 0 radical (unpaired) electrons. The van der Waals surface area contributed by atoms with E-state index in [0.29, 0.717) is 37.0 Å². The van der Waals surface area contributed by atoms with Crippen LogP contribution >= 0.6 is 0 Å². The maximum atomic E-state index is 14.0. The van der Waals surface area contributed by atoms with Crippen LogP contribution in [-0.2, 0) is 17.8 Å². The Morgan fingerprint density at radius 3 is 2.42 bits per heavy atom. The van der Waals surface area contributed by atoms with E-state index in [1.807, 2.05) is 64.3 Å². The quantitative estimate of drug-likeness (QED) is 0.108. The van der Waals surface area contributed by atoms with Crippen LogP contribution in [0.5, 0.6) is 5.75 Å². The summed E-state index contributed by atoms with van der Waals surface area (Å²) in [6, 6.07) is 15.0. The Morgan fingerprint density at radius 2 is 1.82 bits per heavy atom. The van der Waals surface area contributed by atoms with Gasteiger partial charge in [-0.05, 0) is 42.6 Å². The fraction of sp³-hybridized carbons (Fsp3) is 0.400. The van der Waals surface area contributed by atoms with Gasteiger partial charge in [0.1, 0.15) is 11.8 Å². The topological polar surface area (TPSA) is 96.0 Å². The van der Waals surface area contributed by atoms with Gasteiger partial charge in [-0.3, -0.25) is 9.36 Å². The number of hydrogen-bond donors (Lipinski definition) is 0. The molecule has 210 valence electrons. The summed E-state index contributed by atoms with van der Waals surface area (Å²) in [4.78, 5) is 26.6. The average Bonchev–Trinajstić information content (AvgIpc) is 3.49. The third-order valence-corrected chi connectivity index (χ3v) is 8.49. The number of imidazole rings is 1. The van der Waals surface area contributed by atoms with Crippen molar-refractivity contribution in [1.82, 2.24) is 19.4 Å². The fourth-order valence-corrected chi connectivity index (χ4v) is 5.37. The predicted molar refractivity (Wildman–Crippen MR) is 159 cm³/mol. The molecule has 3 aromatic rings. The summed E-state index contributed by atoms with van der Waals surface area (Å²) in [7, 11) is 2.49. The molecule has 0 aliphatic carbocycles. The summed E-state index contributed by atoms with van der Waals surface area (Å²) in [5, 5.41) is 10.00. The minimum atomic E-state index is -1.20. The lowest BCUT2D eigenvalue weighted by Crippen LogP contribution is -2.28. The van der Waals surface area contributed by atoms with Crippen LogP contribution in [0.4, 0.5) is 5.82 Å². The van der Waals surface area contributed by atoms with Crippen molar-refractivity contribution in [2.45, 2.75) is 52.6 Å². The van der Waals surface area contributed by atoms with Crippen LogP contribution in [0.15, 0.2) is 41.4 Å². The highest BCUT2D eigenvalue weighted by atomic mass is 28.3. The molecule has 1 aliphatic rings. The largest absolute Gasteiger partial charge is 0.467 e. The summed E-state index contributed by atoms with van der Waals surface area (Å²) in [5.74, 6) is 0.810. The van der Waals surface area contributed by atoms with Crippen LogP contribution in [-0.4, -0.2) is 67.2 Å². The molecule has 1 amide bonds. The predicted octanol–water partition coefficient (Wildman–Crippen LogP) is 5.43. The third kappa shape index (κ3) is 6.43. The number of aryl methyl sites for hydroxylation is 1. The molecule has 2 heterocycles. The van der Waals surface area contributed by atoms with Gasteiger partial charge >= 0.3 is 0 Å². The Kier molecular flexibility index (Phi) is 8.76. The number of carbonyl (C=O) groups excluding carboxylic acids is 1. The Morgan fingerprint density at radius 1 is 1.15 bits per heavy atom. The van der Waals surface area contributed by atoms with Crippen molar-refractivity contribution >= 4 is 26.1 Å². The minimum Gasteiger partial charge on any atom is -0.467 e. The van der Waals surface area contributed by atoms with Crippen LogP contribution in [0.25, 0.3) is 5.69 Å². The zero-order valence-electron chi connectivity index (χ0n) is 24.5.